The Kier molecular flexibility index (Phi) is 5.18. The number of piperidine rings is 1. The van der Waals surface area contributed by atoms with Crippen LogP contribution in [0.3, 0.4) is 0 Å². The number of fused-ring (bicyclic) bond motifs is 1. The Hall–Kier alpha value is -3.02. The summed E-state index contributed by atoms with van der Waals surface area (Å²) < 4.78 is 15.6. The second kappa shape index (κ2) is 7.78. The van der Waals surface area contributed by atoms with Gasteiger partial charge in [-0.2, -0.15) is 0 Å². The molecule has 1 aromatic carbocycles. The number of carbonyl (C=O) groups is 1. The van der Waals surface area contributed by atoms with Crippen LogP contribution in [0.15, 0.2) is 53.5 Å². The Labute approximate surface area is 168 Å². The number of hydrogen-bond donors (Lipinski definition) is 0. The maximum Gasteiger partial charge on any atom is 0.265 e. The summed E-state index contributed by atoms with van der Waals surface area (Å²) in [6, 6.07) is 11.5. The summed E-state index contributed by atoms with van der Waals surface area (Å²) in [5.41, 5.74) is 0.502. The van der Waals surface area contributed by atoms with Crippen molar-refractivity contribution < 1.29 is 9.18 Å². The Bertz CT molecular complexity index is 1110. The van der Waals surface area contributed by atoms with E-state index in [4.69, 9.17) is 0 Å². The Morgan fingerprint density at radius 3 is 2.59 bits per heavy atom. The number of amides is 1. The first-order valence-electron chi connectivity index (χ1n) is 9.95. The minimum atomic E-state index is -0.435. The van der Waals surface area contributed by atoms with Crippen molar-refractivity contribution in [3.8, 4) is 0 Å². The highest BCUT2D eigenvalue weighted by molar-refractivity contribution is 5.97. The molecule has 1 aliphatic rings. The molecule has 4 rings (SSSR count). The van der Waals surface area contributed by atoms with Crippen molar-refractivity contribution in [2.45, 2.75) is 26.8 Å². The Morgan fingerprint density at radius 1 is 1.14 bits per heavy atom. The summed E-state index contributed by atoms with van der Waals surface area (Å²) in [6.45, 7) is 5.54. The van der Waals surface area contributed by atoms with Crippen LogP contribution < -0.4 is 5.56 Å². The molecule has 6 heteroatoms. The lowest BCUT2D eigenvalue weighted by Crippen LogP contribution is -2.44. The van der Waals surface area contributed by atoms with Gasteiger partial charge in [-0.3, -0.25) is 14.2 Å². The van der Waals surface area contributed by atoms with Gasteiger partial charge >= 0.3 is 0 Å². The zero-order chi connectivity index (χ0) is 20.5. The molecule has 3 aromatic rings. The maximum atomic E-state index is 14.2. The number of nitrogens with zero attached hydrogens (tertiary/aromatic N) is 3. The van der Waals surface area contributed by atoms with Crippen LogP contribution in [0.1, 0.15) is 36.2 Å². The van der Waals surface area contributed by atoms with Crippen molar-refractivity contribution in [1.82, 2.24) is 14.5 Å². The molecular formula is C23H24FN3O2. The standard InChI is InChI=1S/C23H24FN3O2/c1-15-10-16(2)13-26(12-15)22(28)19-11-17-7-5-9-25-21(17)27(23(19)29)14-18-6-3-4-8-20(18)24/h3-9,11,15-16H,10,12-14H2,1-2H3/t15-,16-/m0/s1. The molecule has 1 amide bonds. The van der Waals surface area contributed by atoms with Crippen LogP contribution >= 0.6 is 0 Å². The van der Waals surface area contributed by atoms with Crippen LogP contribution in [0.2, 0.25) is 0 Å². The highest BCUT2D eigenvalue weighted by Crippen LogP contribution is 2.23. The van der Waals surface area contributed by atoms with Gasteiger partial charge in [-0.1, -0.05) is 32.0 Å². The van der Waals surface area contributed by atoms with Crippen LogP contribution in [0.4, 0.5) is 4.39 Å². The van der Waals surface area contributed by atoms with Gasteiger partial charge in [0.2, 0.25) is 0 Å². The third-order valence-electron chi connectivity index (χ3n) is 5.52. The molecule has 0 radical (unpaired) electrons. The second-order valence-electron chi connectivity index (χ2n) is 8.11. The van der Waals surface area contributed by atoms with E-state index in [1.54, 1.807) is 41.4 Å². The van der Waals surface area contributed by atoms with Gasteiger partial charge in [0.25, 0.3) is 11.5 Å². The molecule has 1 fully saturated rings. The van der Waals surface area contributed by atoms with Gasteiger partial charge in [0, 0.05) is 30.2 Å². The summed E-state index contributed by atoms with van der Waals surface area (Å²) in [7, 11) is 0. The number of aromatic nitrogens is 2. The molecule has 0 N–H and O–H groups in total. The van der Waals surface area contributed by atoms with Gasteiger partial charge < -0.3 is 4.90 Å². The molecule has 2 aromatic heterocycles. The smallest absolute Gasteiger partial charge is 0.265 e. The number of hydrogen-bond acceptors (Lipinski definition) is 3. The average Bonchev–Trinajstić information content (AvgIpc) is 2.70. The molecule has 0 aliphatic carbocycles. The van der Waals surface area contributed by atoms with Crippen molar-refractivity contribution in [3.63, 3.8) is 0 Å². The molecule has 150 valence electrons. The minimum Gasteiger partial charge on any atom is -0.338 e. The molecule has 29 heavy (non-hydrogen) atoms. The van der Waals surface area contributed by atoms with Gasteiger partial charge in [-0.15, -0.1) is 0 Å². The van der Waals surface area contributed by atoms with Gasteiger partial charge in [0.05, 0.1) is 6.54 Å². The topological polar surface area (TPSA) is 55.2 Å². The summed E-state index contributed by atoms with van der Waals surface area (Å²) in [4.78, 5) is 32.6. The van der Waals surface area contributed by atoms with E-state index in [0.717, 1.165) is 6.42 Å². The second-order valence-corrected chi connectivity index (χ2v) is 8.11. The number of carbonyl (C=O) groups excluding carboxylic acids is 1. The van der Waals surface area contributed by atoms with E-state index < -0.39 is 5.56 Å². The van der Waals surface area contributed by atoms with E-state index in [9.17, 15) is 14.0 Å². The summed E-state index contributed by atoms with van der Waals surface area (Å²) >= 11 is 0. The fraction of sp³-hybridized carbons (Fsp3) is 0.348. The minimum absolute atomic E-state index is 0.0208. The van der Waals surface area contributed by atoms with Crippen molar-refractivity contribution in [3.05, 3.63) is 76.0 Å². The normalized spacial score (nSPS) is 19.5. The van der Waals surface area contributed by atoms with E-state index in [2.05, 4.69) is 18.8 Å². The summed E-state index contributed by atoms with van der Waals surface area (Å²) in [5, 5.41) is 0.685. The first-order chi connectivity index (χ1) is 13.9. The van der Waals surface area contributed by atoms with Crippen LogP contribution in [-0.4, -0.2) is 33.4 Å². The zero-order valence-electron chi connectivity index (χ0n) is 16.6. The molecule has 0 saturated carbocycles. The predicted octanol–water partition coefficient (Wildman–Crippen LogP) is 3.70. The van der Waals surface area contributed by atoms with E-state index in [-0.39, 0.29) is 23.8 Å². The molecule has 1 saturated heterocycles. The van der Waals surface area contributed by atoms with Crippen molar-refractivity contribution in [1.29, 1.82) is 0 Å². The van der Waals surface area contributed by atoms with E-state index in [0.29, 0.717) is 41.5 Å². The predicted molar refractivity (Wildman–Crippen MR) is 110 cm³/mol. The van der Waals surface area contributed by atoms with Crippen LogP contribution in [0.25, 0.3) is 11.0 Å². The number of pyridine rings is 2. The van der Waals surface area contributed by atoms with Crippen molar-refractivity contribution in [2.24, 2.45) is 11.8 Å². The molecule has 2 atom stereocenters. The monoisotopic (exact) mass is 393 g/mol. The first-order valence-corrected chi connectivity index (χ1v) is 9.95. The first kappa shape index (κ1) is 19.3. The van der Waals surface area contributed by atoms with Crippen molar-refractivity contribution in [2.75, 3.05) is 13.1 Å². The average molecular weight is 393 g/mol. The number of benzene rings is 1. The van der Waals surface area contributed by atoms with Crippen LogP contribution in [0.5, 0.6) is 0 Å². The van der Waals surface area contributed by atoms with Crippen LogP contribution in [0, 0.1) is 17.7 Å². The quantitative estimate of drug-likeness (QED) is 0.682. The lowest BCUT2D eigenvalue weighted by atomic mass is 9.91. The Balaban J connectivity index is 1.81. The van der Waals surface area contributed by atoms with Gasteiger partial charge in [-0.25, -0.2) is 9.37 Å². The fourth-order valence-corrected chi connectivity index (χ4v) is 4.30. The molecule has 3 heterocycles. The summed E-state index contributed by atoms with van der Waals surface area (Å²) in [6.07, 6.45) is 2.66. The van der Waals surface area contributed by atoms with Gasteiger partial charge in [0.1, 0.15) is 17.0 Å². The fourth-order valence-electron chi connectivity index (χ4n) is 4.30. The highest BCUT2D eigenvalue weighted by Gasteiger charge is 2.28. The lowest BCUT2D eigenvalue weighted by molar-refractivity contribution is 0.0621. The SMILES string of the molecule is C[C@H]1C[C@H](C)CN(C(=O)c2cc3cccnc3n(Cc3ccccc3F)c2=O)C1. The molecule has 0 spiro atoms. The Morgan fingerprint density at radius 2 is 1.86 bits per heavy atom. The number of likely N-dealkylation sites (tertiary alicyclic amines) is 1. The molecule has 0 unspecified atom stereocenters. The van der Waals surface area contributed by atoms with E-state index >= 15 is 0 Å². The third kappa shape index (κ3) is 3.79. The van der Waals surface area contributed by atoms with E-state index in [1.165, 1.54) is 10.6 Å². The van der Waals surface area contributed by atoms with Crippen molar-refractivity contribution >= 4 is 16.9 Å². The molecule has 0 bridgehead atoms. The number of halogens is 1. The number of rotatable bonds is 3. The van der Waals surface area contributed by atoms with Gasteiger partial charge in [0.15, 0.2) is 0 Å². The lowest BCUT2D eigenvalue weighted by Gasteiger charge is -2.35. The molecule has 1 aliphatic heterocycles. The largest absolute Gasteiger partial charge is 0.338 e. The van der Waals surface area contributed by atoms with Crippen LogP contribution in [-0.2, 0) is 6.54 Å². The third-order valence-corrected chi connectivity index (χ3v) is 5.52. The van der Waals surface area contributed by atoms with Gasteiger partial charge in [-0.05, 0) is 42.5 Å². The molecular weight excluding hydrogens is 369 g/mol. The highest BCUT2D eigenvalue weighted by atomic mass is 19.1. The van der Waals surface area contributed by atoms with E-state index in [1.807, 2.05) is 6.07 Å². The molecule has 5 nitrogen and oxygen atoms in total. The maximum absolute atomic E-state index is 14.2. The zero-order valence-corrected chi connectivity index (χ0v) is 16.6. The summed E-state index contributed by atoms with van der Waals surface area (Å²) in [5.74, 6) is 0.135.